The number of alkyl halides is 1. The molecule has 2 rings (SSSR count). The van der Waals surface area contributed by atoms with Gasteiger partial charge >= 0.3 is 6.09 Å². The Bertz CT molecular complexity index is 455. The minimum atomic E-state index is -0.984. The number of carbonyl (C=O) groups is 1. The molecule has 0 N–H and O–H groups in total. The number of halogens is 1. The van der Waals surface area contributed by atoms with Crippen molar-refractivity contribution in [2.45, 2.75) is 51.4 Å². The largest absolute Gasteiger partial charge is 0.444 e. The van der Waals surface area contributed by atoms with Crippen molar-refractivity contribution in [3.63, 3.8) is 0 Å². The van der Waals surface area contributed by atoms with E-state index in [0.717, 1.165) is 5.56 Å². The molecule has 1 aliphatic rings. The first-order chi connectivity index (χ1) is 9.37. The standard InChI is InChI=1S/C16H22FNO2/c1-16(2,3)20-15(19)18-10-9-13(17)14(18)11-12-7-5-4-6-8-12/h4-8,13-14H,9-11H2,1-3H3/t13-,14+/m1/s1. The van der Waals surface area contributed by atoms with Crippen LogP contribution in [0.4, 0.5) is 9.18 Å². The zero-order chi connectivity index (χ0) is 14.8. The second kappa shape index (κ2) is 5.81. The second-order valence-corrected chi connectivity index (χ2v) is 6.24. The Morgan fingerprint density at radius 1 is 1.35 bits per heavy atom. The van der Waals surface area contributed by atoms with E-state index >= 15 is 0 Å². The van der Waals surface area contributed by atoms with Gasteiger partial charge < -0.3 is 9.64 Å². The molecule has 2 atom stereocenters. The van der Waals surface area contributed by atoms with Crippen molar-refractivity contribution < 1.29 is 13.9 Å². The lowest BCUT2D eigenvalue weighted by molar-refractivity contribution is 0.0197. The van der Waals surface area contributed by atoms with Crippen LogP contribution in [-0.2, 0) is 11.2 Å². The van der Waals surface area contributed by atoms with E-state index < -0.39 is 23.9 Å². The van der Waals surface area contributed by atoms with Crippen LogP contribution in [0.3, 0.4) is 0 Å². The summed E-state index contributed by atoms with van der Waals surface area (Å²) in [5, 5.41) is 0. The number of likely N-dealkylation sites (tertiary alicyclic amines) is 1. The molecule has 1 fully saturated rings. The SMILES string of the molecule is CC(C)(C)OC(=O)N1CC[C@@H](F)[C@@H]1Cc1ccccc1. The summed E-state index contributed by atoms with van der Waals surface area (Å²) in [7, 11) is 0. The van der Waals surface area contributed by atoms with E-state index in [1.54, 1.807) is 0 Å². The normalized spacial score (nSPS) is 22.9. The van der Waals surface area contributed by atoms with E-state index in [9.17, 15) is 9.18 Å². The van der Waals surface area contributed by atoms with Crippen LogP contribution in [0.15, 0.2) is 30.3 Å². The van der Waals surface area contributed by atoms with Gasteiger partial charge in [-0.05, 0) is 39.2 Å². The van der Waals surface area contributed by atoms with Crippen LogP contribution >= 0.6 is 0 Å². The van der Waals surface area contributed by atoms with E-state index in [0.29, 0.717) is 19.4 Å². The molecular formula is C16H22FNO2. The third-order valence-electron chi connectivity index (χ3n) is 3.38. The molecule has 0 bridgehead atoms. The summed E-state index contributed by atoms with van der Waals surface area (Å²) in [5.41, 5.74) is 0.485. The van der Waals surface area contributed by atoms with Gasteiger partial charge in [0, 0.05) is 6.54 Å². The Hall–Kier alpha value is -1.58. The fraction of sp³-hybridized carbons (Fsp3) is 0.562. The van der Waals surface area contributed by atoms with E-state index in [4.69, 9.17) is 4.74 Å². The van der Waals surface area contributed by atoms with E-state index in [-0.39, 0.29) is 0 Å². The molecule has 110 valence electrons. The molecule has 0 unspecified atom stereocenters. The van der Waals surface area contributed by atoms with Crippen molar-refractivity contribution >= 4 is 6.09 Å². The molecule has 1 heterocycles. The van der Waals surface area contributed by atoms with Crippen LogP contribution in [0.2, 0.25) is 0 Å². The first kappa shape index (κ1) is 14.8. The van der Waals surface area contributed by atoms with E-state index in [2.05, 4.69) is 0 Å². The van der Waals surface area contributed by atoms with E-state index in [1.807, 2.05) is 51.1 Å². The van der Waals surface area contributed by atoms with Crippen molar-refractivity contribution in [3.05, 3.63) is 35.9 Å². The summed E-state index contributed by atoms with van der Waals surface area (Å²) < 4.78 is 19.4. The van der Waals surface area contributed by atoms with Crippen LogP contribution in [0, 0.1) is 0 Å². The lowest BCUT2D eigenvalue weighted by atomic mass is 10.0. The zero-order valence-corrected chi connectivity index (χ0v) is 12.3. The summed E-state index contributed by atoms with van der Waals surface area (Å²) in [6, 6.07) is 9.27. The number of rotatable bonds is 2. The number of benzene rings is 1. The molecule has 3 nitrogen and oxygen atoms in total. The zero-order valence-electron chi connectivity index (χ0n) is 12.3. The summed E-state index contributed by atoms with van der Waals surface area (Å²) in [6.45, 7) is 5.88. The van der Waals surface area contributed by atoms with Gasteiger partial charge in [-0.15, -0.1) is 0 Å². The molecule has 20 heavy (non-hydrogen) atoms. The number of hydrogen-bond donors (Lipinski definition) is 0. The number of carbonyl (C=O) groups excluding carboxylic acids is 1. The fourth-order valence-corrected chi connectivity index (χ4v) is 2.46. The van der Waals surface area contributed by atoms with Gasteiger partial charge in [-0.1, -0.05) is 30.3 Å². The Labute approximate surface area is 119 Å². The first-order valence-electron chi connectivity index (χ1n) is 7.04. The Morgan fingerprint density at radius 2 is 2.00 bits per heavy atom. The smallest absolute Gasteiger partial charge is 0.410 e. The monoisotopic (exact) mass is 279 g/mol. The van der Waals surface area contributed by atoms with Gasteiger partial charge in [-0.25, -0.2) is 9.18 Å². The average Bonchev–Trinajstić information content (AvgIpc) is 2.70. The summed E-state index contributed by atoms with van der Waals surface area (Å²) in [5.74, 6) is 0. The molecule has 0 radical (unpaired) electrons. The number of ether oxygens (including phenoxy) is 1. The van der Waals surface area contributed by atoms with Crippen LogP contribution in [0.1, 0.15) is 32.8 Å². The maximum absolute atomic E-state index is 14.1. The summed E-state index contributed by atoms with van der Waals surface area (Å²) >= 11 is 0. The maximum atomic E-state index is 14.1. The minimum Gasteiger partial charge on any atom is -0.444 e. The molecule has 0 aliphatic carbocycles. The Balaban J connectivity index is 2.07. The highest BCUT2D eigenvalue weighted by Crippen LogP contribution is 2.26. The van der Waals surface area contributed by atoms with Crippen molar-refractivity contribution in [2.24, 2.45) is 0 Å². The molecule has 1 aromatic rings. The van der Waals surface area contributed by atoms with Gasteiger partial charge in [-0.2, -0.15) is 0 Å². The van der Waals surface area contributed by atoms with Gasteiger partial charge in [0.25, 0.3) is 0 Å². The number of hydrogen-bond acceptors (Lipinski definition) is 2. The molecular weight excluding hydrogens is 257 g/mol. The lowest BCUT2D eigenvalue weighted by Gasteiger charge is -2.29. The number of amides is 1. The summed E-state index contributed by atoms with van der Waals surface area (Å²) in [6.07, 6.45) is -0.487. The van der Waals surface area contributed by atoms with Crippen LogP contribution in [0.25, 0.3) is 0 Å². The molecule has 0 aromatic heterocycles. The molecule has 0 spiro atoms. The lowest BCUT2D eigenvalue weighted by Crippen LogP contribution is -2.43. The molecule has 0 saturated carbocycles. The minimum absolute atomic E-state index is 0.386. The molecule has 1 aromatic carbocycles. The van der Waals surface area contributed by atoms with Gasteiger partial charge in [0.15, 0.2) is 0 Å². The topological polar surface area (TPSA) is 29.5 Å². The summed E-state index contributed by atoms with van der Waals surface area (Å²) in [4.78, 5) is 13.7. The third-order valence-corrected chi connectivity index (χ3v) is 3.38. The van der Waals surface area contributed by atoms with Crippen molar-refractivity contribution in [1.29, 1.82) is 0 Å². The first-order valence-corrected chi connectivity index (χ1v) is 7.04. The van der Waals surface area contributed by atoms with Crippen molar-refractivity contribution in [2.75, 3.05) is 6.54 Å². The van der Waals surface area contributed by atoms with Gasteiger partial charge in [-0.3, -0.25) is 0 Å². The molecule has 4 heteroatoms. The van der Waals surface area contributed by atoms with Crippen molar-refractivity contribution in [1.82, 2.24) is 4.90 Å². The Kier molecular flexibility index (Phi) is 4.31. The number of nitrogens with zero attached hydrogens (tertiary/aromatic N) is 1. The van der Waals surface area contributed by atoms with Gasteiger partial charge in [0.2, 0.25) is 0 Å². The predicted octanol–water partition coefficient (Wildman–Crippen LogP) is 3.58. The second-order valence-electron chi connectivity index (χ2n) is 6.24. The maximum Gasteiger partial charge on any atom is 0.410 e. The molecule has 1 aliphatic heterocycles. The van der Waals surface area contributed by atoms with Crippen molar-refractivity contribution in [3.8, 4) is 0 Å². The average molecular weight is 279 g/mol. The van der Waals surface area contributed by atoms with Gasteiger partial charge in [0.1, 0.15) is 11.8 Å². The van der Waals surface area contributed by atoms with E-state index in [1.165, 1.54) is 4.90 Å². The highest BCUT2D eigenvalue weighted by molar-refractivity contribution is 5.69. The molecule has 1 amide bonds. The van der Waals surface area contributed by atoms with Crippen LogP contribution in [-0.4, -0.2) is 35.4 Å². The fourth-order valence-electron chi connectivity index (χ4n) is 2.46. The van der Waals surface area contributed by atoms with Crippen LogP contribution in [0.5, 0.6) is 0 Å². The van der Waals surface area contributed by atoms with Crippen LogP contribution < -0.4 is 0 Å². The quantitative estimate of drug-likeness (QED) is 0.828. The van der Waals surface area contributed by atoms with Gasteiger partial charge in [0.05, 0.1) is 6.04 Å². The highest BCUT2D eigenvalue weighted by Gasteiger charge is 2.39. The highest BCUT2D eigenvalue weighted by atomic mass is 19.1. The Morgan fingerprint density at radius 3 is 2.60 bits per heavy atom. The molecule has 1 saturated heterocycles. The predicted molar refractivity (Wildman–Crippen MR) is 76.4 cm³/mol. The third kappa shape index (κ3) is 3.71.